The Kier molecular flexibility index (Phi) is 3.74. The van der Waals surface area contributed by atoms with Gasteiger partial charge in [-0.2, -0.15) is 13.2 Å². The summed E-state index contributed by atoms with van der Waals surface area (Å²) in [5.41, 5.74) is 6.00. The normalized spacial score (nSPS) is 11.8. The van der Waals surface area contributed by atoms with E-state index in [1.165, 1.54) is 23.9 Å². The molecule has 0 aliphatic heterocycles. The van der Waals surface area contributed by atoms with Crippen LogP contribution in [0.3, 0.4) is 0 Å². The lowest BCUT2D eigenvalue weighted by atomic mass is 10.1. The number of nitrogens with two attached hydrogens (primary N) is 1. The first kappa shape index (κ1) is 14.8. The second kappa shape index (κ2) is 5.57. The first-order valence-electron chi connectivity index (χ1n) is 6.57. The molecule has 0 unspecified atom stereocenters. The highest BCUT2D eigenvalue weighted by molar-refractivity contribution is 7.99. The lowest BCUT2D eigenvalue weighted by Gasteiger charge is -2.11. The van der Waals surface area contributed by atoms with E-state index in [2.05, 4.69) is 0 Å². The average Bonchev–Trinajstić information content (AvgIpc) is 2.50. The van der Waals surface area contributed by atoms with Crippen molar-refractivity contribution in [1.82, 2.24) is 0 Å². The molecule has 0 bridgehead atoms. The number of alkyl halides is 3. The van der Waals surface area contributed by atoms with E-state index in [-0.39, 0.29) is 0 Å². The topological polar surface area (TPSA) is 26.0 Å². The Balaban J connectivity index is 1.98. The quantitative estimate of drug-likeness (QED) is 0.623. The van der Waals surface area contributed by atoms with E-state index >= 15 is 0 Å². The van der Waals surface area contributed by atoms with Gasteiger partial charge in [-0.1, -0.05) is 42.1 Å². The molecule has 0 amide bonds. The van der Waals surface area contributed by atoms with Crippen LogP contribution in [0, 0.1) is 0 Å². The Hall–Kier alpha value is -2.14. The van der Waals surface area contributed by atoms with Gasteiger partial charge >= 0.3 is 6.18 Å². The zero-order chi connectivity index (χ0) is 15.7. The molecule has 0 spiro atoms. The maximum Gasteiger partial charge on any atom is 0.416 e. The van der Waals surface area contributed by atoms with E-state index in [9.17, 15) is 13.2 Å². The number of halogens is 3. The van der Waals surface area contributed by atoms with Gasteiger partial charge in [0.15, 0.2) is 0 Å². The van der Waals surface area contributed by atoms with E-state index in [1.807, 2.05) is 36.4 Å². The molecular formula is C17H12F3NS. The van der Waals surface area contributed by atoms with E-state index < -0.39 is 11.7 Å². The van der Waals surface area contributed by atoms with Gasteiger partial charge in [-0.3, -0.25) is 0 Å². The van der Waals surface area contributed by atoms with Crippen molar-refractivity contribution in [3.05, 3.63) is 66.2 Å². The second-order valence-electron chi connectivity index (χ2n) is 4.83. The van der Waals surface area contributed by atoms with Gasteiger partial charge in [0.2, 0.25) is 0 Å². The minimum atomic E-state index is -4.32. The Morgan fingerprint density at radius 3 is 2.18 bits per heavy atom. The Bertz CT molecular complexity index is 810. The molecule has 3 aromatic carbocycles. The highest BCUT2D eigenvalue weighted by Crippen LogP contribution is 2.39. The minimum absolute atomic E-state index is 0.614. The molecule has 0 saturated heterocycles. The van der Waals surface area contributed by atoms with Gasteiger partial charge in [0.05, 0.1) is 5.56 Å². The van der Waals surface area contributed by atoms with Crippen LogP contribution in [0.1, 0.15) is 5.56 Å². The lowest BCUT2D eigenvalue weighted by molar-refractivity contribution is -0.137. The fourth-order valence-corrected chi connectivity index (χ4v) is 3.19. The predicted octanol–water partition coefficient (Wildman–Crippen LogP) is 5.59. The zero-order valence-electron chi connectivity index (χ0n) is 11.4. The molecule has 0 atom stereocenters. The highest BCUT2D eigenvalue weighted by Gasteiger charge is 2.29. The molecule has 0 aliphatic rings. The van der Waals surface area contributed by atoms with E-state index in [0.717, 1.165) is 32.7 Å². The summed E-state index contributed by atoms with van der Waals surface area (Å²) in [6.45, 7) is 0. The fourth-order valence-electron chi connectivity index (χ4n) is 2.20. The number of hydrogen-bond acceptors (Lipinski definition) is 2. The molecule has 22 heavy (non-hydrogen) atoms. The number of rotatable bonds is 2. The van der Waals surface area contributed by atoms with Crippen molar-refractivity contribution in [3.63, 3.8) is 0 Å². The molecule has 0 aliphatic carbocycles. The first-order valence-corrected chi connectivity index (χ1v) is 7.39. The summed E-state index contributed by atoms with van der Waals surface area (Å²) in [5, 5.41) is 2.04. The van der Waals surface area contributed by atoms with Crippen LogP contribution in [0.15, 0.2) is 70.5 Å². The van der Waals surface area contributed by atoms with E-state index in [0.29, 0.717) is 5.69 Å². The van der Waals surface area contributed by atoms with Gasteiger partial charge in [0.25, 0.3) is 0 Å². The smallest absolute Gasteiger partial charge is 0.398 e. The molecule has 0 fully saturated rings. The van der Waals surface area contributed by atoms with Crippen molar-refractivity contribution >= 4 is 28.2 Å². The van der Waals surface area contributed by atoms with Gasteiger partial charge in [0.1, 0.15) is 0 Å². The third-order valence-corrected chi connectivity index (χ3v) is 4.48. The van der Waals surface area contributed by atoms with E-state index in [4.69, 9.17) is 5.73 Å². The van der Waals surface area contributed by atoms with Crippen LogP contribution in [0.25, 0.3) is 10.8 Å². The minimum Gasteiger partial charge on any atom is -0.398 e. The summed E-state index contributed by atoms with van der Waals surface area (Å²) in [6.07, 6.45) is -4.32. The van der Waals surface area contributed by atoms with Gasteiger partial charge < -0.3 is 5.73 Å². The average molecular weight is 319 g/mol. The van der Waals surface area contributed by atoms with Crippen LogP contribution in [0.2, 0.25) is 0 Å². The van der Waals surface area contributed by atoms with Crippen molar-refractivity contribution in [1.29, 1.82) is 0 Å². The summed E-state index contributed by atoms with van der Waals surface area (Å²) in [6, 6.07) is 16.6. The number of fused-ring (bicyclic) bond motifs is 1. The van der Waals surface area contributed by atoms with Crippen LogP contribution in [-0.4, -0.2) is 0 Å². The summed E-state index contributed by atoms with van der Waals surface area (Å²) in [7, 11) is 0. The number of nitrogen functional groups attached to an aromatic ring is 1. The summed E-state index contributed by atoms with van der Waals surface area (Å²) >= 11 is 1.37. The van der Waals surface area contributed by atoms with Crippen molar-refractivity contribution in [3.8, 4) is 0 Å². The van der Waals surface area contributed by atoms with Gasteiger partial charge in [-0.15, -0.1) is 0 Å². The Labute approximate surface area is 129 Å². The Morgan fingerprint density at radius 1 is 0.818 bits per heavy atom. The lowest BCUT2D eigenvalue weighted by Crippen LogP contribution is -2.03. The summed E-state index contributed by atoms with van der Waals surface area (Å²) in [4.78, 5) is 1.58. The van der Waals surface area contributed by atoms with Gasteiger partial charge in [0, 0.05) is 15.5 Å². The van der Waals surface area contributed by atoms with Crippen LogP contribution < -0.4 is 5.73 Å². The van der Waals surface area contributed by atoms with Crippen molar-refractivity contribution < 1.29 is 13.2 Å². The molecule has 0 heterocycles. The standard InChI is InChI=1S/C17H12F3NS/c18-17(19,20)12-6-8-13(9-7-12)22-16-14-4-2-1-3-11(14)5-10-15(16)21/h1-10H,21H2. The number of hydrogen-bond donors (Lipinski definition) is 1. The number of anilines is 1. The van der Waals surface area contributed by atoms with Crippen molar-refractivity contribution in [2.75, 3.05) is 5.73 Å². The van der Waals surface area contributed by atoms with Crippen molar-refractivity contribution in [2.24, 2.45) is 0 Å². The van der Waals surface area contributed by atoms with Crippen LogP contribution in [0.5, 0.6) is 0 Å². The summed E-state index contributed by atoms with van der Waals surface area (Å²) in [5.74, 6) is 0. The molecule has 1 nitrogen and oxygen atoms in total. The maximum atomic E-state index is 12.6. The van der Waals surface area contributed by atoms with Gasteiger partial charge in [-0.25, -0.2) is 0 Å². The molecule has 0 aromatic heterocycles. The third-order valence-electron chi connectivity index (χ3n) is 3.31. The molecule has 3 aromatic rings. The van der Waals surface area contributed by atoms with Crippen LogP contribution in [0.4, 0.5) is 18.9 Å². The molecule has 3 rings (SSSR count). The second-order valence-corrected chi connectivity index (χ2v) is 5.91. The molecular weight excluding hydrogens is 307 g/mol. The Morgan fingerprint density at radius 2 is 1.50 bits per heavy atom. The molecule has 5 heteroatoms. The molecule has 0 radical (unpaired) electrons. The van der Waals surface area contributed by atoms with Crippen LogP contribution in [-0.2, 0) is 6.18 Å². The molecule has 0 saturated carbocycles. The van der Waals surface area contributed by atoms with Crippen LogP contribution >= 0.6 is 11.8 Å². The molecule has 112 valence electrons. The molecule has 2 N–H and O–H groups in total. The zero-order valence-corrected chi connectivity index (χ0v) is 12.2. The predicted molar refractivity (Wildman–Crippen MR) is 83.9 cm³/mol. The third kappa shape index (κ3) is 2.90. The maximum absolute atomic E-state index is 12.6. The van der Waals surface area contributed by atoms with Gasteiger partial charge in [-0.05, 0) is 41.1 Å². The SMILES string of the molecule is Nc1ccc2ccccc2c1Sc1ccc(C(F)(F)F)cc1. The highest BCUT2D eigenvalue weighted by atomic mass is 32.2. The first-order chi connectivity index (χ1) is 10.4. The van der Waals surface area contributed by atoms with E-state index in [1.54, 1.807) is 0 Å². The number of benzene rings is 3. The largest absolute Gasteiger partial charge is 0.416 e. The fraction of sp³-hybridized carbons (Fsp3) is 0.0588. The monoisotopic (exact) mass is 319 g/mol. The summed E-state index contributed by atoms with van der Waals surface area (Å²) < 4.78 is 37.8. The van der Waals surface area contributed by atoms with Crippen molar-refractivity contribution in [2.45, 2.75) is 16.0 Å².